The average Bonchev–Trinajstić information content (AvgIpc) is 2.59. The molecule has 0 saturated carbocycles. The lowest BCUT2D eigenvalue weighted by atomic mass is 10.1. The summed E-state index contributed by atoms with van der Waals surface area (Å²) < 4.78 is 0. The van der Waals surface area contributed by atoms with E-state index in [9.17, 15) is 5.11 Å². The molecule has 0 amide bonds. The van der Waals surface area contributed by atoms with Crippen LogP contribution in [0.2, 0.25) is 0 Å². The topological polar surface area (TPSA) is 39.6 Å². The molecule has 4 nitrogen and oxygen atoms in total. The van der Waals surface area contributed by atoms with Gasteiger partial charge in [0.05, 0.1) is 6.10 Å². The molecule has 2 atom stereocenters. The van der Waals surface area contributed by atoms with Crippen LogP contribution in [0.15, 0.2) is 54.9 Å². The Hall–Kier alpha value is -1.75. The van der Waals surface area contributed by atoms with Gasteiger partial charge in [0.1, 0.15) is 0 Å². The Morgan fingerprint density at radius 2 is 2.00 bits per heavy atom. The fourth-order valence-electron chi connectivity index (χ4n) is 3.24. The average molecular weight is 311 g/mol. The van der Waals surface area contributed by atoms with Crippen LogP contribution < -0.4 is 0 Å². The summed E-state index contributed by atoms with van der Waals surface area (Å²) in [5, 5.41) is 10.4. The first-order valence-corrected chi connectivity index (χ1v) is 8.30. The van der Waals surface area contributed by atoms with Crippen molar-refractivity contribution in [1.29, 1.82) is 0 Å². The molecular formula is C19H25N3O. The lowest BCUT2D eigenvalue weighted by Gasteiger charge is -2.40. The Bertz CT molecular complexity index is 590. The molecule has 1 aliphatic heterocycles. The van der Waals surface area contributed by atoms with Gasteiger partial charge in [-0.25, -0.2) is 0 Å². The number of piperazine rings is 1. The molecular weight excluding hydrogens is 286 g/mol. The van der Waals surface area contributed by atoms with Gasteiger partial charge < -0.3 is 5.11 Å². The molecule has 1 saturated heterocycles. The summed E-state index contributed by atoms with van der Waals surface area (Å²) in [7, 11) is 0. The van der Waals surface area contributed by atoms with Crippen LogP contribution in [0.25, 0.3) is 0 Å². The number of hydrogen-bond donors (Lipinski definition) is 1. The second-order valence-electron chi connectivity index (χ2n) is 6.37. The van der Waals surface area contributed by atoms with Crippen molar-refractivity contribution >= 4 is 0 Å². The minimum atomic E-state index is -0.413. The Balaban J connectivity index is 1.52. The second-order valence-corrected chi connectivity index (χ2v) is 6.37. The summed E-state index contributed by atoms with van der Waals surface area (Å²) in [6.07, 6.45) is 3.34. The molecule has 122 valence electrons. The van der Waals surface area contributed by atoms with Gasteiger partial charge in [-0.05, 0) is 24.1 Å². The van der Waals surface area contributed by atoms with Crippen LogP contribution in [0.5, 0.6) is 0 Å². The van der Waals surface area contributed by atoms with E-state index in [0.29, 0.717) is 12.6 Å². The Kier molecular flexibility index (Phi) is 5.39. The van der Waals surface area contributed by atoms with Gasteiger partial charge in [0, 0.05) is 51.2 Å². The van der Waals surface area contributed by atoms with Crippen molar-refractivity contribution in [3.63, 3.8) is 0 Å². The van der Waals surface area contributed by atoms with Gasteiger partial charge in [0.25, 0.3) is 0 Å². The zero-order valence-electron chi connectivity index (χ0n) is 13.7. The van der Waals surface area contributed by atoms with E-state index in [1.54, 1.807) is 0 Å². The van der Waals surface area contributed by atoms with Gasteiger partial charge in [0.2, 0.25) is 0 Å². The van der Waals surface area contributed by atoms with Crippen molar-refractivity contribution in [3.8, 4) is 0 Å². The van der Waals surface area contributed by atoms with Gasteiger partial charge in [-0.3, -0.25) is 14.8 Å². The van der Waals surface area contributed by atoms with Crippen molar-refractivity contribution in [2.24, 2.45) is 0 Å². The molecule has 1 aromatic carbocycles. The number of β-amino-alcohol motifs (C(OH)–C–C–N with tert-alkyl or cyclic N) is 1. The van der Waals surface area contributed by atoms with Crippen molar-refractivity contribution in [1.82, 2.24) is 14.8 Å². The number of aliphatic hydroxyl groups is 1. The predicted octanol–water partition coefficient (Wildman–Crippen LogP) is 2.32. The van der Waals surface area contributed by atoms with Crippen molar-refractivity contribution in [3.05, 3.63) is 66.0 Å². The smallest absolute Gasteiger partial charge is 0.0917 e. The molecule has 1 N–H and O–H groups in total. The third-order valence-electron chi connectivity index (χ3n) is 4.57. The molecule has 0 aliphatic carbocycles. The maximum Gasteiger partial charge on any atom is 0.0917 e. The third kappa shape index (κ3) is 4.38. The van der Waals surface area contributed by atoms with Crippen molar-refractivity contribution < 1.29 is 5.11 Å². The summed E-state index contributed by atoms with van der Waals surface area (Å²) in [4.78, 5) is 9.04. The maximum atomic E-state index is 10.4. The SMILES string of the molecule is C[C@H]1CN(Cc2cccnc2)CCN1C[C@H](O)c1ccccc1. The fourth-order valence-corrected chi connectivity index (χ4v) is 3.24. The molecule has 0 spiro atoms. The van der Waals surface area contributed by atoms with E-state index in [2.05, 4.69) is 27.8 Å². The predicted molar refractivity (Wildman–Crippen MR) is 92.0 cm³/mol. The Morgan fingerprint density at radius 3 is 2.70 bits per heavy atom. The highest BCUT2D eigenvalue weighted by molar-refractivity contribution is 5.17. The molecule has 3 rings (SSSR count). The summed E-state index contributed by atoms with van der Waals surface area (Å²) in [5.41, 5.74) is 2.26. The van der Waals surface area contributed by atoms with Gasteiger partial charge >= 0.3 is 0 Å². The van der Waals surface area contributed by atoms with E-state index in [1.165, 1.54) is 5.56 Å². The minimum absolute atomic E-state index is 0.413. The summed E-state index contributed by atoms with van der Waals surface area (Å²) in [6.45, 7) is 6.94. The number of rotatable bonds is 5. The number of nitrogens with zero attached hydrogens (tertiary/aromatic N) is 3. The number of benzene rings is 1. The number of aromatic nitrogens is 1. The molecule has 0 unspecified atom stereocenters. The van der Waals surface area contributed by atoms with Crippen molar-refractivity contribution in [2.45, 2.75) is 25.6 Å². The quantitative estimate of drug-likeness (QED) is 0.920. The molecule has 1 aromatic heterocycles. The maximum absolute atomic E-state index is 10.4. The highest BCUT2D eigenvalue weighted by Gasteiger charge is 2.25. The fraction of sp³-hybridized carbons (Fsp3) is 0.421. The number of aliphatic hydroxyl groups excluding tert-OH is 1. The number of pyridine rings is 1. The third-order valence-corrected chi connectivity index (χ3v) is 4.57. The molecule has 4 heteroatoms. The highest BCUT2D eigenvalue weighted by atomic mass is 16.3. The van der Waals surface area contributed by atoms with Crippen LogP contribution in [-0.2, 0) is 6.54 Å². The van der Waals surface area contributed by atoms with Crippen LogP contribution in [0.3, 0.4) is 0 Å². The van der Waals surface area contributed by atoms with Gasteiger partial charge in [-0.1, -0.05) is 36.4 Å². The van der Waals surface area contributed by atoms with E-state index < -0.39 is 6.10 Å². The van der Waals surface area contributed by atoms with Crippen molar-refractivity contribution in [2.75, 3.05) is 26.2 Å². The molecule has 1 aliphatic rings. The van der Waals surface area contributed by atoms with Gasteiger partial charge in [-0.15, -0.1) is 0 Å². The normalized spacial score (nSPS) is 21.2. The molecule has 23 heavy (non-hydrogen) atoms. The molecule has 0 radical (unpaired) electrons. The summed E-state index contributed by atoms with van der Waals surface area (Å²) in [6, 6.07) is 14.5. The van der Waals surface area contributed by atoms with Crippen LogP contribution in [-0.4, -0.2) is 52.1 Å². The second kappa shape index (κ2) is 7.68. The molecule has 2 heterocycles. The highest BCUT2D eigenvalue weighted by Crippen LogP contribution is 2.18. The lowest BCUT2D eigenvalue weighted by Crippen LogP contribution is -2.52. The molecule has 2 aromatic rings. The van der Waals surface area contributed by atoms with E-state index in [-0.39, 0.29) is 0 Å². The zero-order valence-corrected chi connectivity index (χ0v) is 13.7. The lowest BCUT2D eigenvalue weighted by molar-refractivity contribution is 0.0362. The van der Waals surface area contributed by atoms with E-state index in [0.717, 1.165) is 31.7 Å². The zero-order chi connectivity index (χ0) is 16.1. The Labute approximate surface area is 138 Å². The van der Waals surface area contributed by atoms with Crippen LogP contribution in [0.1, 0.15) is 24.2 Å². The first kappa shape index (κ1) is 16.1. The molecule has 0 bridgehead atoms. The largest absolute Gasteiger partial charge is 0.387 e. The van der Waals surface area contributed by atoms with Gasteiger partial charge in [-0.2, -0.15) is 0 Å². The monoisotopic (exact) mass is 311 g/mol. The first-order chi connectivity index (χ1) is 11.2. The van der Waals surface area contributed by atoms with Gasteiger partial charge in [0.15, 0.2) is 0 Å². The Morgan fingerprint density at radius 1 is 1.17 bits per heavy atom. The van der Waals surface area contributed by atoms with Crippen LogP contribution >= 0.6 is 0 Å². The number of hydrogen-bond acceptors (Lipinski definition) is 4. The van der Waals surface area contributed by atoms with E-state index in [1.807, 2.05) is 48.8 Å². The summed E-state index contributed by atoms with van der Waals surface area (Å²) >= 11 is 0. The summed E-state index contributed by atoms with van der Waals surface area (Å²) in [5.74, 6) is 0. The van der Waals surface area contributed by atoms with E-state index >= 15 is 0 Å². The molecule has 1 fully saturated rings. The standard InChI is InChI=1S/C19H25N3O/c1-16-13-21(14-17-6-5-9-20-12-17)10-11-22(16)15-19(23)18-7-3-2-4-8-18/h2-9,12,16,19,23H,10-11,13-15H2,1H3/t16-,19-/m0/s1. The first-order valence-electron chi connectivity index (χ1n) is 8.30. The van der Waals surface area contributed by atoms with Crippen LogP contribution in [0.4, 0.5) is 0 Å². The van der Waals surface area contributed by atoms with E-state index in [4.69, 9.17) is 0 Å². The van der Waals surface area contributed by atoms with Crippen LogP contribution in [0, 0.1) is 0 Å². The minimum Gasteiger partial charge on any atom is -0.387 e.